The Labute approximate surface area is 113 Å². The van der Waals surface area contributed by atoms with Crippen LogP contribution in [0.3, 0.4) is 0 Å². The maximum Gasteiger partial charge on any atom is 0.213 e. The van der Waals surface area contributed by atoms with Crippen LogP contribution in [0.25, 0.3) is 0 Å². The molecule has 1 aromatic heterocycles. The second-order valence-corrected chi connectivity index (χ2v) is 4.47. The first kappa shape index (κ1) is 12.6. The molecule has 0 atom stereocenters. The number of aromatic nitrogens is 2. The zero-order chi connectivity index (χ0) is 12.3. The van der Waals surface area contributed by atoms with E-state index in [0.717, 1.165) is 5.56 Å². The first-order valence-electron chi connectivity index (χ1n) is 4.77. The van der Waals surface area contributed by atoms with Gasteiger partial charge in [0, 0.05) is 17.1 Å². The molecule has 0 aliphatic carbocycles. The molecular formula is C10H8Cl3N3O. The highest BCUT2D eigenvalue weighted by Gasteiger charge is 2.09. The Bertz CT molecular complexity index is 502. The van der Waals surface area contributed by atoms with Crippen molar-refractivity contribution in [3.8, 4) is 0 Å². The van der Waals surface area contributed by atoms with E-state index in [2.05, 4.69) is 20.0 Å². The van der Waals surface area contributed by atoms with E-state index in [9.17, 15) is 0 Å². The third-order valence-electron chi connectivity index (χ3n) is 2.13. The lowest BCUT2D eigenvalue weighted by atomic mass is 10.2. The van der Waals surface area contributed by atoms with Crippen molar-refractivity contribution >= 4 is 34.8 Å². The Balaban J connectivity index is 2.01. The maximum absolute atomic E-state index is 6.05. The summed E-state index contributed by atoms with van der Waals surface area (Å²) in [7, 11) is 0. The summed E-state index contributed by atoms with van der Waals surface area (Å²) in [6.07, 6.45) is 1.27. The Kier molecular flexibility index (Phi) is 4.23. The summed E-state index contributed by atoms with van der Waals surface area (Å²) in [5, 5.41) is 8.28. The molecule has 7 heteroatoms. The first-order valence-corrected chi connectivity index (χ1v) is 5.90. The molecule has 90 valence electrons. The van der Waals surface area contributed by atoms with Gasteiger partial charge in [0.05, 0.1) is 16.6 Å². The molecule has 17 heavy (non-hydrogen) atoms. The normalized spacial score (nSPS) is 10.8. The monoisotopic (exact) mass is 291 g/mol. The third kappa shape index (κ3) is 3.10. The SMILES string of the molecule is Clc1ccc(Cl)c(CNCc2ncon2)c1Cl. The molecular weight excluding hydrogens is 284 g/mol. The quantitative estimate of drug-likeness (QED) is 0.878. The lowest BCUT2D eigenvalue weighted by molar-refractivity contribution is 0.407. The van der Waals surface area contributed by atoms with Crippen molar-refractivity contribution in [2.45, 2.75) is 13.1 Å². The Hall–Kier alpha value is -0.810. The van der Waals surface area contributed by atoms with Gasteiger partial charge in [0.2, 0.25) is 6.39 Å². The van der Waals surface area contributed by atoms with E-state index in [1.165, 1.54) is 6.39 Å². The second kappa shape index (κ2) is 5.69. The predicted molar refractivity (Wildman–Crippen MR) is 66.3 cm³/mol. The van der Waals surface area contributed by atoms with Crippen LogP contribution >= 0.6 is 34.8 Å². The minimum atomic E-state index is 0.458. The van der Waals surface area contributed by atoms with E-state index >= 15 is 0 Å². The van der Waals surface area contributed by atoms with Gasteiger partial charge in [-0.25, -0.2) is 0 Å². The van der Waals surface area contributed by atoms with Crippen molar-refractivity contribution in [1.29, 1.82) is 0 Å². The van der Waals surface area contributed by atoms with Gasteiger partial charge >= 0.3 is 0 Å². The molecule has 0 aliphatic heterocycles. The van der Waals surface area contributed by atoms with E-state index < -0.39 is 0 Å². The summed E-state index contributed by atoms with van der Waals surface area (Å²) >= 11 is 18.0. The summed E-state index contributed by atoms with van der Waals surface area (Å²) in [5.74, 6) is 0.569. The largest absolute Gasteiger partial charge is 0.343 e. The van der Waals surface area contributed by atoms with E-state index in [4.69, 9.17) is 34.8 Å². The van der Waals surface area contributed by atoms with Crippen molar-refractivity contribution in [2.24, 2.45) is 0 Å². The fourth-order valence-electron chi connectivity index (χ4n) is 1.30. The zero-order valence-corrected chi connectivity index (χ0v) is 10.9. The van der Waals surface area contributed by atoms with Crippen molar-refractivity contribution in [3.63, 3.8) is 0 Å². The van der Waals surface area contributed by atoms with Crippen LogP contribution in [0.15, 0.2) is 23.0 Å². The zero-order valence-electron chi connectivity index (χ0n) is 8.58. The number of halogens is 3. The highest BCUT2D eigenvalue weighted by molar-refractivity contribution is 6.44. The smallest absolute Gasteiger partial charge is 0.213 e. The van der Waals surface area contributed by atoms with Gasteiger partial charge in [0.25, 0.3) is 0 Å². The summed E-state index contributed by atoms with van der Waals surface area (Å²) < 4.78 is 4.61. The van der Waals surface area contributed by atoms with Gasteiger partial charge in [-0.3, -0.25) is 0 Å². The molecule has 0 saturated heterocycles. The lowest BCUT2D eigenvalue weighted by Crippen LogP contribution is -2.14. The summed E-state index contributed by atoms with van der Waals surface area (Å²) in [4.78, 5) is 3.88. The first-order chi connectivity index (χ1) is 8.18. The fourth-order valence-corrected chi connectivity index (χ4v) is 1.98. The van der Waals surface area contributed by atoms with E-state index in [-0.39, 0.29) is 0 Å². The molecule has 0 radical (unpaired) electrons. The van der Waals surface area contributed by atoms with Crippen LogP contribution in [0.4, 0.5) is 0 Å². The number of nitrogens with one attached hydrogen (secondary N) is 1. The summed E-state index contributed by atoms with van der Waals surface area (Å²) in [5.41, 5.74) is 0.754. The lowest BCUT2D eigenvalue weighted by Gasteiger charge is -2.08. The molecule has 4 nitrogen and oxygen atoms in total. The number of rotatable bonds is 4. The Morgan fingerprint density at radius 3 is 2.59 bits per heavy atom. The van der Waals surface area contributed by atoms with Gasteiger partial charge in [-0.15, -0.1) is 0 Å². The van der Waals surface area contributed by atoms with E-state index in [0.29, 0.717) is 34.0 Å². The molecule has 0 spiro atoms. The van der Waals surface area contributed by atoms with Gasteiger partial charge in [-0.1, -0.05) is 40.0 Å². The Morgan fingerprint density at radius 2 is 1.88 bits per heavy atom. The molecule has 0 amide bonds. The average Bonchev–Trinajstić information content (AvgIpc) is 2.81. The van der Waals surface area contributed by atoms with Gasteiger partial charge in [0.15, 0.2) is 5.82 Å². The molecule has 2 aromatic rings. The molecule has 1 heterocycles. The minimum absolute atomic E-state index is 0.458. The topological polar surface area (TPSA) is 51.0 Å². The molecule has 1 N–H and O–H groups in total. The van der Waals surface area contributed by atoms with Crippen molar-refractivity contribution in [1.82, 2.24) is 15.5 Å². The standard InChI is InChI=1S/C10H8Cl3N3O/c11-7-1-2-8(12)10(13)6(7)3-14-4-9-15-5-17-16-9/h1-2,5,14H,3-4H2. The Morgan fingerprint density at radius 1 is 1.12 bits per heavy atom. The van der Waals surface area contributed by atoms with Gasteiger partial charge in [-0.2, -0.15) is 4.98 Å². The third-order valence-corrected chi connectivity index (χ3v) is 3.33. The van der Waals surface area contributed by atoms with Crippen LogP contribution in [0.5, 0.6) is 0 Å². The van der Waals surface area contributed by atoms with Crippen molar-refractivity contribution in [3.05, 3.63) is 45.0 Å². The molecule has 0 aliphatic rings. The minimum Gasteiger partial charge on any atom is -0.343 e. The molecule has 0 saturated carbocycles. The van der Waals surface area contributed by atoms with Crippen LogP contribution in [-0.4, -0.2) is 10.1 Å². The fraction of sp³-hybridized carbons (Fsp3) is 0.200. The number of benzene rings is 1. The van der Waals surface area contributed by atoms with Gasteiger partial charge in [-0.05, 0) is 12.1 Å². The number of hydrogen-bond acceptors (Lipinski definition) is 4. The van der Waals surface area contributed by atoms with Crippen LogP contribution in [0.2, 0.25) is 15.1 Å². The van der Waals surface area contributed by atoms with Crippen LogP contribution in [0, 0.1) is 0 Å². The molecule has 0 unspecified atom stereocenters. The van der Waals surface area contributed by atoms with E-state index in [1.807, 2.05) is 0 Å². The highest BCUT2D eigenvalue weighted by atomic mass is 35.5. The summed E-state index contributed by atoms with van der Waals surface area (Å²) in [6, 6.07) is 3.37. The molecule has 0 bridgehead atoms. The number of nitrogens with zero attached hydrogens (tertiary/aromatic N) is 2. The van der Waals surface area contributed by atoms with Crippen LogP contribution in [-0.2, 0) is 13.1 Å². The average molecular weight is 293 g/mol. The van der Waals surface area contributed by atoms with Crippen LogP contribution < -0.4 is 5.32 Å². The van der Waals surface area contributed by atoms with Crippen LogP contribution in [0.1, 0.15) is 11.4 Å². The van der Waals surface area contributed by atoms with Crippen molar-refractivity contribution < 1.29 is 4.52 Å². The second-order valence-electron chi connectivity index (χ2n) is 3.27. The molecule has 0 fully saturated rings. The maximum atomic E-state index is 6.05. The number of hydrogen-bond donors (Lipinski definition) is 1. The predicted octanol–water partition coefficient (Wildman–Crippen LogP) is 3.32. The molecule has 2 rings (SSSR count). The molecule has 1 aromatic carbocycles. The summed E-state index contributed by atoms with van der Waals surface area (Å²) in [6.45, 7) is 0.947. The van der Waals surface area contributed by atoms with Crippen molar-refractivity contribution in [2.75, 3.05) is 0 Å². The van der Waals surface area contributed by atoms with Gasteiger partial charge in [0.1, 0.15) is 0 Å². The highest BCUT2D eigenvalue weighted by Crippen LogP contribution is 2.31. The van der Waals surface area contributed by atoms with E-state index in [1.54, 1.807) is 12.1 Å². The van der Waals surface area contributed by atoms with Gasteiger partial charge < -0.3 is 9.84 Å².